The minimum atomic E-state index is -0.655. The number of nitrogens with zero attached hydrogens (tertiary/aromatic N) is 4. The third-order valence-electron chi connectivity index (χ3n) is 1.40. The van der Waals surface area contributed by atoms with Gasteiger partial charge < -0.3 is 9.47 Å². The predicted octanol–water partition coefficient (Wildman–Crippen LogP) is 0.490. The Hall–Kier alpha value is -1.94. The third kappa shape index (κ3) is 3.67. The van der Waals surface area contributed by atoms with Crippen LogP contribution in [0.15, 0.2) is 0 Å². The van der Waals surface area contributed by atoms with Gasteiger partial charge in [-0.2, -0.15) is 20.2 Å². The molecule has 0 spiro atoms. The summed E-state index contributed by atoms with van der Waals surface area (Å²) in [4.78, 5) is 22.0. The highest BCUT2D eigenvalue weighted by Crippen LogP contribution is 2.08. The lowest BCUT2D eigenvalue weighted by atomic mass is 10.5. The number of hydrogen-bond acceptors (Lipinski definition) is 7. The van der Waals surface area contributed by atoms with Crippen LogP contribution in [0.3, 0.4) is 0 Å². The van der Waals surface area contributed by atoms with Gasteiger partial charge in [0.15, 0.2) is 12.4 Å². The molecule has 0 N–H and O–H groups in total. The summed E-state index contributed by atoms with van der Waals surface area (Å²) in [7, 11) is 1.37. The summed E-state index contributed by atoms with van der Waals surface area (Å²) in [5, 5.41) is 8.17. The zero-order chi connectivity index (χ0) is 12.0. The Kier molecular flexibility index (Phi) is 4.42. The normalized spacial score (nSPS) is 9.31. The molecule has 0 bridgehead atoms. The highest BCUT2D eigenvalue weighted by atomic mass is 35.5. The average Bonchev–Trinajstić information content (AvgIpc) is 2.26. The SMILES string of the molecule is COc1nc(Cl)nc(COC(=O)CC#N)n1. The monoisotopic (exact) mass is 242 g/mol. The molecule has 0 aliphatic heterocycles. The van der Waals surface area contributed by atoms with Crippen LogP contribution < -0.4 is 4.74 Å². The van der Waals surface area contributed by atoms with Crippen LogP contribution in [0.1, 0.15) is 12.2 Å². The van der Waals surface area contributed by atoms with Gasteiger partial charge in [-0.15, -0.1) is 0 Å². The molecule has 0 aliphatic carbocycles. The second kappa shape index (κ2) is 5.82. The minimum Gasteiger partial charge on any atom is -0.467 e. The van der Waals surface area contributed by atoms with E-state index in [4.69, 9.17) is 26.3 Å². The Labute approximate surface area is 96.0 Å². The quantitative estimate of drug-likeness (QED) is 0.709. The Balaban J connectivity index is 2.64. The molecule has 1 rings (SSSR count). The number of aromatic nitrogens is 3. The van der Waals surface area contributed by atoms with Crippen molar-refractivity contribution >= 4 is 17.6 Å². The van der Waals surface area contributed by atoms with E-state index in [1.54, 1.807) is 6.07 Å². The van der Waals surface area contributed by atoms with E-state index in [2.05, 4.69) is 15.0 Å². The minimum absolute atomic E-state index is 0.0336. The van der Waals surface area contributed by atoms with Crippen molar-refractivity contribution in [2.45, 2.75) is 13.0 Å². The third-order valence-corrected chi connectivity index (χ3v) is 1.57. The van der Waals surface area contributed by atoms with E-state index in [0.29, 0.717) is 0 Å². The van der Waals surface area contributed by atoms with Gasteiger partial charge in [0.05, 0.1) is 13.2 Å². The molecule has 0 saturated carbocycles. The van der Waals surface area contributed by atoms with Gasteiger partial charge in [-0.05, 0) is 11.6 Å². The van der Waals surface area contributed by atoms with Crippen molar-refractivity contribution in [3.8, 4) is 12.1 Å². The summed E-state index contributed by atoms with van der Waals surface area (Å²) in [6, 6.07) is 1.69. The first-order valence-electron chi connectivity index (χ1n) is 4.12. The van der Waals surface area contributed by atoms with Gasteiger partial charge >= 0.3 is 12.0 Å². The number of carbonyl (C=O) groups excluding carboxylic acids is 1. The zero-order valence-electron chi connectivity index (χ0n) is 8.31. The number of nitriles is 1. The van der Waals surface area contributed by atoms with Crippen LogP contribution in [0.2, 0.25) is 5.28 Å². The van der Waals surface area contributed by atoms with Crippen LogP contribution in [0.25, 0.3) is 0 Å². The summed E-state index contributed by atoms with van der Waals surface area (Å²) in [6.07, 6.45) is -0.323. The lowest BCUT2D eigenvalue weighted by Gasteiger charge is -2.03. The second-order valence-electron chi connectivity index (χ2n) is 2.50. The van der Waals surface area contributed by atoms with Crippen LogP contribution in [0.5, 0.6) is 6.01 Å². The number of rotatable bonds is 4. The first-order valence-corrected chi connectivity index (χ1v) is 4.50. The zero-order valence-corrected chi connectivity index (χ0v) is 9.06. The number of hydrogen-bond donors (Lipinski definition) is 0. The number of ether oxygens (including phenoxy) is 2. The van der Waals surface area contributed by atoms with Crippen LogP contribution in [-0.4, -0.2) is 28.0 Å². The molecule has 1 aromatic rings. The highest BCUT2D eigenvalue weighted by molar-refractivity contribution is 6.28. The summed E-state index contributed by atoms with van der Waals surface area (Å²) >= 11 is 5.57. The largest absolute Gasteiger partial charge is 0.467 e. The van der Waals surface area contributed by atoms with Gasteiger partial charge in [-0.25, -0.2) is 0 Å². The van der Waals surface area contributed by atoms with Gasteiger partial charge in [0.1, 0.15) is 6.42 Å². The molecule has 1 heterocycles. The molecular weight excluding hydrogens is 236 g/mol. The summed E-state index contributed by atoms with van der Waals surface area (Å²) in [5.41, 5.74) is 0. The lowest BCUT2D eigenvalue weighted by molar-refractivity contribution is -0.143. The Bertz CT molecular complexity index is 432. The first-order chi connectivity index (χ1) is 7.65. The fraction of sp³-hybridized carbons (Fsp3) is 0.375. The van der Waals surface area contributed by atoms with Crippen molar-refractivity contribution in [2.24, 2.45) is 0 Å². The van der Waals surface area contributed by atoms with Crippen molar-refractivity contribution in [1.29, 1.82) is 5.26 Å². The molecule has 16 heavy (non-hydrogen) atoms. The number of esters is 1. The van der Waals surface area contributed by atoms with E-state index in [1.807, 2.05) is 0 Å². The molecule has 84 valence electrons. The highest BCUT2D eigenvalue weighted by Gasteiger charge is 2.08. The maximum Gasteiger partial charge on any atom is 0.320 e. The van der Waals surface area contributed by atoms with Gasteiger partial charge in [0, 0.05) is 0 Å². The van der Waals surface area contributed by atoms with Gasteiger partial charge in [-0.1, -0.05) is 0 Å². The first kappa shape index (κ1) is 12.1. The molecule has 8 heteroatoms. The lowest BCUT2D eigenvalue weighted by Crippen LogP contribution is -2.07. The molecule has 0 amide bonds. The Morgan fingerprint density at radius 1 is 1.50 bits per heavy atom. The van der Waals surface area contributed by atoms with Crippen molar-refractivity contribution in [3.63, 3.8) is 0 Å². The van der Waals surface area contributed by atoms with Gasteiger partial charge in [0.2, 0.25) is 5.28 Å². The Morgan fingerprint density at radius 3 is 2.88 bits per heavy atom. The van der Waals surface area contributed by atoms with Crippen LogP contribution in [0.4, 0.5) is 0 Å². The summed E-state index contributed by atoms with van der Waals surface area (Å²) < 4.78 is 9.45. The van der Waals surface area contributed by atoms with Crippen LogP contribution in [0, 0.1) is 11.3 Å². The summed E-state index contributed by atoms with van der Waals surface area (Å²) in [6.45, 7) is -0.181. The fourth-order valence-electron chi connectivity index (χ4n) is 0.787. The Morgan fingerprint density at radius 2 is 2.25 bits per heavy atom. The van der Waals surface area contributed by atoms with E-state index in [-0.39, 0.29) is 30.1 Å². The van der Waals surface area contributed by atoms with Gasteiger partial charge in [0.25, 0.3) is 0 Å². The molecule has 1 aromatic heterocycles. The summed E-state index contributed by atoms with van der Waals surface area (Å²) in [5.74, 6) is -0.499. The molecule has 0 fully saturated rings. The smallest absolute Gasteiger partial charge is 0.320 e. The maximum atomic E-state index is 10.9. The second-order valence-corrected chi connectivity index (χ2v) is 2.84. The van der Waals surface area contributed by atoms with E-state index in [0.717, 1.165) is 0 Å². The molecule has 0 radical (unpaired) electrons. The van der Waals surface area contributed by atoms with E-state index in [9.17, 15) is 4.79 Å². The van der Waals surface area contributed by atoms with E-state index < -0.39 is 5.97 Å². The van der Waals surface area contributed by atoms with Crippen molar-refractivity contribution in [1.82, 2.24) is 15.0 Å². The molecule has 0 aromatic carbocycles. The number of methoxy groups -OCH3 is 1. The molecular formula is C8H7ClN4O3. The van der Waals surface area contributed by atoms with Crippen molar-refractivity contribution in [3.05, 3.63) is 11.1 Å². The molecule has 0 saturated heterocycles. The molecule has 7 nitrogen and oxygen atoms in total. The molecule has 0 unspecified atom stereocenters. The van der Waals surface area contributed by atoms with E-state index >= 15 is 0 Å². The molecule has 0 aliphatic rings. The topological polar surface area (TPSA) is 98.0 Å². The number of carbonyl (C=O) groups is 1. The van der Waals surface area contributed by atoms with Crippen molar-refractivity contribution in [2.75, 3.05) is 7.11 Å². The fourth-order valence-corrected chi connectivity index (χ4v) is 0.957. The number of halogens is 1. The van der Waals surface area contributed by atoms with Crippen molar-refractivity contribution < 1.29 is 14.3 Å². The standard InChI is InChI=1S/C8H7ClN4O3/c1-15-8-12-5(11-7(9)13-8)4-16-6(14)2-3-10/h2,4H2,1H3. The van der Waals surface area contributed by atoms with E-state index in [1.165, 1.54) is 7.11 Å². The van der Waals surface area contributed by atoms with Crippen LogP contribution >= 0.6 is 11.6 Å². The van der Waals surface area contributed by atoms with Gasteiger partial charge in [-0.3, -0.25) is 4.79 Å². The average molecular weight is 243 g/mol. The predicted molar refractivity (Wildman–Crippen MR) is 51.4 cm³/mol. The van der Waals surface area contributed by atoms with Crippen LogP contribution in [-0.2, 0) is 16.1 Å². The maximum absolute atomic E-state index is 10.9. The molecule has 0 atom stereocenters.